The first-order chi connectivity index (χ1) is 12.5. The fraction of sp³-hybridized carbons (Fsp3) is 0.438. The summed E-state index contributed by atoms with van der Waals surface area (Å²) in [7, 11) is -1.86. The summed E-state index contributed by atoms with van der Waals surface area (Å²) in [5, 5.41) is 7.36. The van der Waals surface area contributed by atoms with Crippen molar-refractivity contribution >= 4 is 27.3 Å². The van der Waals surface area contributed by atoms with Gasteiger partial charge in [-0.2, -0.15) is 0 Å². The van der Waals surface area contributed by atoms with Crippen LogP contribution >= 0.6 is 11.3 Å². The molecule has 2 aromatic heterocycles. The van der Waals surface area contributed by atoms with Crippen LogP contribution in [-0.4, -0.2) is 51.0 Å². The molecule has 0 fully saturated rings. The minimum Gasteiger partial charge on any atom is -0.356 e. The van der Waals surface area contributed by atoms with E-state index in [1.165, 1.54) is 23.3 Å². The fourth-order valence-electron chi connectivity index (χ4n) is 2.09. The molecule has 10 heteroatoms. The standard InChI is InChI=1S/C16H24N6O2S2/c1-3-13-11-21-15(25-13)6-8-19-16(17-2)20-9-10-22-26(23,24)14-5-4-7-18-12-14/h4-5,7,11-12,22H,3,6,8-10H2,1-2H3,(H2,17,19,20). The average molecular weight is 397 g/mol. The quantitative estimate of drug-likeness (QED) is 0.328. The molecule has 8 nitrogen and oxygen atoms in total. The predicted octanol–water partition coefficient (Wildman–Crippen LogP) is 0.787. The van der Waals surface area contributed by atoms with Crippen LogP contribution in [0.4, 0.5) is 0 Å². The molecule has 0 radical (unpaired) electrons. The van der Waals surface area contributed by atoms with Gasteiger partial charge in [0.1, 0.15) is 4.90 Å². The zero-order chi connectivity index (χ0) is 18.8. The molecule has 0 saturated carbocycles. The number of aliphatic imine (C=N–C) groups is 1. The van der Waals surface area contributed by atoms with Crippen LogP contribution in [0.1, 0.15) is 16.8 Å². The molecule has 0 atom stereocenters. The Morgan fingerprint density at radius 2 is 2.04 bits per heavy atom. The third-order valence-corrected chi connectivity index (χ3v) is 6.11. The molecule has 0 saturated heterocycles. The molecule has 3 N–H and O–H groups in total. The van der Waals surface area contributed by atoms with Crippen molar-refractivity contribution in [3.05, 3.63) is 40.6 Å². The molecule has 2 rings (SSSR count). The normalized spacial score (nSPS) is 12.2. The molecule has 0 amide bonds. The number of aromatic nitrogens is 2. The lowest BCUT2D eigenvalue weighted by atomic mass is 10.4. The van der Waals surface area contributed by atoms with Crippen LogP contribution in [0.2, 0.25) is 0 Å². The van der Waals surface area contributed by atoms with Crippen molar-refractivity contribution in [1.82, 2.24) is 25.3 Å². The lowest BCUT2D eigenvalue weighted by Crippen LogP contribution is -2.42. The number of hydrogen-bond donors (Lipinski definition) is 3. The van der Waals surface area contributed by atoms with Gasteiger partial charge in [-0.05, 0) is 18.6 Å². The maximum absolute atomic E-state index is 12.1. The van der Waals surface area contributed by atoms with E-state index in [-0.39, 0.29) is 11.4 Å². The van der Waals surface area contributed by atoms with Crippen molar-refractivity contribution in [3.8, 4) is 0 Å². The number of rotatable bonds is 9. The summed E-state index contributed by atoms with van der Waals surface area (Å²) in [6.07, 6.45) is 6.59. The molecule has 0 aliphatic rings. The number of nitrogens with zero attached hydrogens (tertiary/aromatic N) is 3. The number of hydrogen-bond acceptors (Lipinski definition) is 6. The van der Waals surface area contributed by atoms with Crippen molar-refractivity contribution in [3.63, 3.8) is 0 Å². The van der Waals surface area contributed by atoms with Crippen molar-refractivity contribution < 1.29 is 8.42 Å². The zero-order valence-electron chi connectivity index (χ0n) is 14.9. The molecular weight excluding hydrogens is 372 g/mol. The van der Waals surface area contributed by atoms with E-state index in [0.29, 0.717) is 19.0 Å². The first-order valence-electron chi connectivity index (χ1n) is 8.33. The molecule has 0 bridgehead atoms. The first kappa shape index (κ1) is 20.3. The van der Waals surface area contributed by atoms with E-state index in [1.807, 2.05) is 6.20 Å². The van der Waals surface area contributed by atoms with Crippen molar-refractivity contribution in [2.45, 2.75) is 24.7 Å². The minimum absolute atomic E-state index is 0.150. The van der Waals surface area contributed by atoms with Crippen molar-refractivity contribution in [2.24, 2.45) is 4.99 Å². The Morgan fingerprint density at radius 3 is 2.69 bits per heavy atom. The van der Waals surface area contributed by atoms with Crippen LogP contribution in [0.25, 0.3) is 0 Å². The van der Waals surface area contributed by atoms with Crippen LogP contribution in [0.3, 0.4) is 0 Å². The van der Waals surface area contributed by atoms with Gasteiger partial charge in [0.05, 0.1) is 5.01 Å². The molecule has 0 spiro atoms. The Balaban J connectivity index is 1.68. The number of aryl methyl sites for hydroxylation is 1. The zero-order valence-corrected chi connectivity index (χ0v) is 16.5. The highest BCUT2D eigenvalue weighted by atomic mass is 32.2. The van der Waals surface area contributed by atoms with Gasteiger partial charge in [0, 0.05) is 56.6 Å². The summed E-state index contributed by atoms with van der Waals surface area (Å²) >= 11 is 1.72. The third kappa shape index (κ3) is 6.36. The van der Waals surface area contributed by atoms with E-state index < -0.39 is 10.0 Å². The monoisotopic (exact) mass is 396 g/mol. The molecular formula is C16H24N6O2S2. The van der Waals surface area contributed by atoms with Gasteiger partial charge in [-0.15, -0.1) is 11.3 Å². The van der Waals surface area contributed by atoms with Gasteiger partial charge in [0.2, 0.25) is 10.0 Å². The van der Waals surface area contributed by atoms with Gasteiger partial charge >= 0.3 is 0 Å². The summed E-state index contributed by atoms with van der Waals surface area (Å²) in [5.41, 5.74) is 0. The maximum atomic E-state index is 12.1. The highest BCUT2D eigenvalue weighted by molar-refractivity contribution is 7.89. The Morgan fingerprint density at radius 1 is 1.23 bits per heavy atom. The lowest BCUT2D eigenvalue weighted by molar-refractivity contribution is 0.580. The third-order valence-electron chi connectivity index (χ3n) is 3.46. The fourth-order valence-corrected chi connectivity index (χ4v) is 3.95. The molecule has 2 heterocycles. The highest BCUT2D eigenvalue weighted by Gasteiger charge is 2.12. The second-order valence-corrected chi connectivity index (χ2v) is 8.30. The lowest BCUT2D eigenvalue weighted by Gasteiger charge is -2.12. The van der Waals surface area contributed by atoms with E-state index in [9.17, 15) is 8.42 Å². The van der Waals surface area contributed by atoms with E-state index in [1.54, 1.807) is 24.5 Å². The topological polar surface area (TPSA) is 108 Å². The number of sulfonamides is 1. The SMILES string of the molecule is CCc1cnc(CCNC(=NC)NCCNS(=O)(=O)c2cccnc2)s1. The Kier molecular flexibility index (Phi) is 7.95. The number of thiazole rings is 1. The van der Waals surface area contributed by atoms with E-state index in [0.717, 1.165) is 17.8 Å². The van der Waals surface area contributed by atoms with E-state index in [4.69, 9.17) is 0 Å². The van der Waals surface area contributed by atoms with E-state index in [2.05, 4.69) is 37.2 Å². The Labute approximate surface area is 158 Å². The van der Waals surface area contributed by atoms with Gasteiger partial charge in [0.15, 0.2) is 5.96 Å². The Hall–Kier alpha value is -2.04. The summed E-state index contributed by atoms with van der Waals surface area (Å²) in [4.78, 5) is 13.7. The van der Waals surface area contributed by atoms with Gasteiger partial charge < -0.3 is 10.6 Å². The number of guanidine groups is 1. The van der Waals surface area contributed by atoms with Crippen LogP contribution in [-0.2, 0) is 22.9 Å². The summed E-state index contributed by atoms with van der Waals surface area (Å²) in [6.45, 7) is 3.47. The summed E-state index contributed by atoms with van der Waals surface area (Å²) < 4.78 is 26.7. The molecule has 2 aromatic rings. The molecule has 0 aliphatic carbocycles. The molecule has 0 aliphatic heterocycles. The second kappa shape index (κ2) is 10.2. The minimum atomic E-state index is -3.54. The van der Waals surface area contributed by atoms with Crippen LogP contribution < -0.4 is 15.4 Å². The van der Waals surface area contributed by atoms with Gasteiger partial charge in [-0.25, -0.2) is 18.1 Å². The van der Waals surface area contributed by atoms with Gasteiger partial charge in [0.25, 0.3) is 0 Å². The molecule has 142 valence electrons. The smallest absolute Gasteiger partial charge is 0.242 e. The Bertz CT molecular complexity index is 805. The van der Waals surface area contributed by atoms with Gasteiger partial charge in [-0.1, -0.05) is 6.92 Å². The highest BCUT2D eigenvalue weighted by Crippen LogP contribution is 2.13. The number of pyridine rings is 1. The predicted molar refractivity (Wildman–Crippen MR) is 104 cm³/mol. The van der Waals surface area contributed by atoms with Crippen LogP contribution in [0.15, 0.2) is 40.6 Å². The van der Waals surface area contributed by atoms with Crippen LogP contribution in [0.5, 0.6) is 0 Å². The van der Waals surface area contributed by atoms with Gasteiger partial charge in [-0.3, -0.25) is 9.98 Å². The molecule has 0 aromatic carbocycles. The maximum Gasteiger partial charge on any atom is 0.242 e. The van der Waals surface area contributed by atoms with E-state index >= 15 is 0 Å². The average Bonchev–Trinajstić information content (AvgIpc) is 3.12. The van der Waals surface area contributed by atoms with Crippen molar-refractivity contribution in [2.75, 3.05) is 26.7 Å². The number of nitrogens with one attached hydrogen (secondary N) is 3. The summed E-state index contributed by atoms with van der Waals surface area (Å²) in [6, 6.07) is 3.09. The first-order valence-corrected chi connectivity index (χ1v) is 10.6. The van der Waals surface area contributed by atoms with Crippen LogP contribution in [0, 0.1) is 0 Å². The summed E-state index contributed by atoms with van der Waals surface area (Å²) in [5.74, 6) is 0.623. The second-order valence-electron chi connectivity index (χ2n) is 5.34. The molecule has 0 unspecified atom stereocenters. The van der Waals surface area contributed by atoms with Crippen molar-refractivity contribution in [1.29, 1.82) is 0 Å². The molecule has 26 heavy (non-hydrogen) atoms. The largest absolute Gasteiger partial charge is 0.356 e.